The first-order valence-corrected chi connectivity index (χ1v) is 11.5. The predicted octanol–water partition coefficient (Wildman–Crippen LogP) is 3.34. The highest BCUT2D eigenvalue weighted by atomic mass is 16.5. The van der Waals surface area contributed by atoms with Crippen LogP contribution in [0.15, 0.2) is 42.5 Å². The third-order valence-corrected chi connectivity index (χ3v) is 6.81. The van der Waals surface area contributed by atoms with E-state index in [4.69, 9.17) is 9.47 Å². The van der Waals surface area contributed by atoms with Crippen LogP contribution in [-0.4, -0.2) is 67.2 Å². The lowest BCUT2D eigenvalue weighted by atomic mass is 9.82. The zero-order valence-electron chi connectivity index (χ0n) is 19.5. The van der Waals surface area contributed by atoms with Crippen molar-refractivity contribution in [2.75, 3.05) is 40.4 Å². The number of carboxylic acids is 1. The van der Waals surface area contributed by atoms with E-state index >= 15 is 0 Å². The second-order valence-electron chi connectivity index (χ2n) is 8.90. The summed E-state index contributed by atoms with van der Waals surface area (Å²) >= 11 is 0. The summed E-state index contributed by atoms with van der Waals surface area (Å²) in [7, 11) is 3.41. The molecule has 176 valence electrons. The van der Waals surface area contributed by atoms with Crippen LogP contribution < -0.4 is 9.47 Å². The van der Waals surface area contributed by atoms with E-state index in [0.29, 0.717) is 25.4 Å². The molecule has 2 aliphatic rings. The van der Waals surface area contributed by atoms with Gasteiger partial charge in [-0.3, -0.25) is 14.5 Å². The molecule has 2 aromatic rings. The van der Waals surface area contributed by atoms with Crippen molar-refractivity contribution in [2.24, 2.45) is 5.92 Å². The van der Waals surface area contributed by atoms with Gasteiger partial charge in [0.05, 0.1) is 26.2 Å². The maximum atomic E-state index is 12.9. The number of carboxylic acid groups (broad SMARTS) is 1. The van der Waals surface area contributed by atoms with E-state index in [0.717, 1.165) is 35.3 Å². The number of aliphatic carboxylic acids is 1. The largest absolute Gasteiger partial charge is 0.497 e. The third-order valence-electron chi connectivity index (χ3n) is 6.81. The highest BCUT2D eigenvalue weighted by Crippen LogP contribution is 2.47. The molecule has 7 nitrogen and oxygen atoms in total. The Bertz CT molecular complexity index is 1010. The Morgan fingerprint density at radius 3 is 2.58 bits per heavy atom. The molecule has 3 atom stereocenters. The quantitative estimate of drug-likeness (QED) is 0.662. The molecule has 0 radical (unpaired) electrons. The van der Waals surface area contributed by atoms with Crippen LogP contribution in [0.2, 0.25) is 0 Å². The van der Waals surface area contributed by atoms with Crippen LogP contribution in [0.3, 0.4) is 0 Å². The van der Waals surface area contributed by atoms with Crippen LogP contribution in [0.5, 0.6) is 11.5 Å². The topological polar surface area (TPSA) is 79.3 Å². The van der Waals surface area contributed by atoms with Gasteiger partial charge in [-0.2, -0.15) is 0 Å². The molecule has 0 spiro atoms. The third kappa shape index (κ3) is 4.69. The van der Waals surface area contributed by atoms with Gasteiger partial charge in [-0.1, -0.05) is 31.2 Å². The maximum Gasteiger partial charge on any atom is 0.309 e. The summed E-state index contributed by atoms with van der Waals surface area (Å²) in [6.07, 6.45) is 1.71. The monoisotopic (exact) mass is 452 g/mol. The lowest BCUT2D eigenvalue weighted by molar-refractivity contribution is -0.143. The lowest BCUT2D eigenvalue weighted by Crippen LogP contribution is -2.39. The van der Waals surface area contributed by atoms with Crippen molar-refractivity contribution in [3.8, 4) is 11.5 Å². The lowest BCUT2D eigenvalue weighted by Gasteiger charge is -2.28. The minimum atomic E-state index is -0.852. The smallest absolute Gasteiger partial charge is 0.309 e. The standard InChI is InChI=1S/C26H32N2O5/c1-4-12-27(2)23(29)16-28-15-21(18-7-10-22-19(14-18)11-13-33-22)24(26(30)31)25(28)17-5-8-20(32-3)9-6-17/h5-10,14,21,24-25H,4,11-13,15-16H2,1-3H3,(H,30,31)/t21-,24-,25+/m1/s1. The highest BCUT2D eigenvalue weighted by Gasteiger charge is 2.48. The van der Waals surface area contributed by atoms with Crippen LogP contribution >= 0.6 is 0 Å². The molecule has 4 rings (SSSR count). The number of methoxy groups -OCH3 is 1. The van der Waals surface area contributed by atoms with Crippen molar-refractivity contribution in [1.29, 1.82) is 0 Å². The number of likely N-dealkylation sites (N-methyl/N-ethyl adjacent to an activating group) is 1. The summed E-state index contributed by atoms with van der Waals surface area (Å²) in [5.74, 6) is -0.169. The number of carbonyl (C=O) groups excluding carboxylic acids is 1. The first-order chi connectivity index (χ1) is 15.9. The van der Waals surface area contributed by atoms with Crippen LogP contribution in [0.25, 0.3) is 0 Å². The molecular weight excluding hydrogens is 420 g/mol. The van der Waals surface area contributed by atoms with Crippen LogP contribution in [-0.2, 0) is 16.0 Å². The van der Waals surface area contributed by atoms with Gasteiger partial charge in [0.2, 0.25) is 5.91 Å². The first kappa shape index (κ1) is 23.1. The Balaban J connectivity index is 1.71. The number of hydrogen-bond acceptors (Lipinski definition) is 5. The number of ether oxygens (including phenoxy) is 2. The highest BCUT2D eigenvalue weighted by molar-refractivity contribution is 5.79. The Hall–Kier alpha value is -3.06. The van der Waals surface area contributed by atoms with E-state index in [2.05, 4.69) is 6.07 Å². The van der Waals surface area contributed by atoms with Crippen LogP contribution in [0.4, 0.5) is 0 Å². The van der Waals surface area contributed by atoms with Gasteiger partial charge in [-0.25, -0.2) is 0 Å². The Kier molecular flexibility index (Phi) is 6.88. The second-order valence-corrected chi connectivity index (χ2v) is 8.90. The van der Waals surface area contributed by atoms with E-state index in [-0.39, 0.29) is 18.4 Å². The fourth-order valence-corrected chi connectivity index (χ4v) is 5.12. The van der Waals surface area contributed by atoms with E-state index < -0.39 is 17.9 Å². The van der Waals surface area contributed by atoms with Crippen LogP contribution in [0, 0.1) is 5.92 Å². The molecule has 0 aromatic heterocycles. The number of rotatable bonds is 8. The molecule has 1 amide bonds. The summed E-state index contributed by atoms with van der Waals surface area (Å²) in [5.41, 5.74) is 2.98. The zero-order valence-corrected chi connectivity index (χ0v) is 19.5. The van der Waals surface area contributed by atoms with E-state index in [1.54, 1.807) is 19.1 Å². The maximum absolute atomic E-state index is 12.9. The van der Waals surface area contributed by atoms with Crippen LogP contribution in [0.1, 0.15) is 42.0 Å². The van der Waals surface area contributed by atoms with E-state index in [9.17, 15) is 14.7 Å². The minimum Gasteiger partial charge on any atom is -0.497 e. The van der Waals surface area contributed by atoms with Gasteiger partial charge >= 0.3 is 5.97 Å². The first-order valence-electron chi connectivity index (χ1n) is 11.5. The summed E-state index contributed by atoms with van der Waals surface area (Å²) < 4.78 is 10.9. The van der Waals surface area contributed by atoms with Crippen molar-refractivity contribution < 1.29 is 24.2 Å². The van der Waals surface area contributed by atoms with Crippen molar-refractivity contribution >= 4 is 11.9 Å². The fourth-order valence-electron chi connectivity index (χ4n) is 5.12. The summed E-state index contributed by atoms with van der Waals surface area (Å²) in [6.45, 7) is 4.05. The minimum absolute atomic E-state index is 0.00232. The van der Waals surface area contributed by atoms with Crippen molar-refractivity contribution in [3.63, 3.8) is 0 Å². The molecule has 0 aliphatic carbocycles. The van der Waals surface area contributed by atoms with Gasteiger partial charge in [0.1, 0.15) is 11.5 Å². The van der Waals surface area contributed by atoms with Gasteiger partial charge in [0.25, 0.3) is 0 Å². The summed E-state index contributed by atoms with van der Waals surface area (Å²) in [4.78, 5) is 29.3. The number of likely N-dealkylation sites (tertiary alicyclic amines) is 1. The SMILES string of the molecule is CCCN(C)C(=O)CN1C[C@H](c2ccc3c(c2)CCO3)[C@@H](C(=O)O)[C@@H]1c1ccc(OC)cc1. The van der Waals surface area contributed by atoms with Gasteiger partial charge in [-0.05, 0) is 41.3 Å². The molecule has 0 bridgehead atoms. The molecule has 1 saturated heterocycles. The number of hydrogen-bond donors (Lipinski definition) is 1. The Labute approximate surface area is 194 Å². The Morgan fingerprint density at radius 1 is 1.18 bits per heavy atom. The average molecular weight is 453 g/mol. The zero-order chi connectivity index (χ0) is 23.5. The molecule has 33 heavy (non-hydrogen) atoms. The van der Waals surface area contributed by atoms with E-state index in [1.807, 2.05) is 48.2 Å². The second kappa shape index (κ2) is 9.83. The molecule has 1 fully saturated rings. The van der Waals surface area contributed by atoms with E-state index in [1.165, 1.54) is 0 Å². The molecule has 2 aliphatic heterocycles. The van der Waals surface area contributed by atoms with Crippen molar-refractivity contribution in [2.45, 2.75) is 31.7 Å². The number of benzene rings is 2. The molecule has 1 N–H and O–H groups in total. The number of carbonyl (C=O) groups is 2. The fraction of sp³-hybridized carbons (Fsp3) is 0.462. The van der Waals surface area contributed by atoms with Gasteiger partial charge in [0.15, 0.2) is 0 Å². The molecule has 0 unspecified atom stereocenters. The predicted molar refractivity (Wildman–Crippen MR) is 125 cm³/mol. The summed E-state index contributed by atoms with van der Waals surface area (Å²) in [5, 5.41) is 10.3. The van der Waals surface area contributed by atoms with Gasteiger partial charge in [0, 0.05) is 38.5 Å². The normalized spacial score (nSPS) is 22.0. The molecule has 2 aromatic carbocycles. The van der Waals surface area contributed by atoms with Crippen molar-refractivity contribution in [1.82, 2.24) is 9.80 Å². The average Bonchev–Trinajstić information content (AvgIpc) is 3.43. The molecular formula is C26H32N2O5. The molecule has 0 saturated carbocycles. The van der Waals surface area contributed by atoms with Gasteiger partial charge < -0.3 is 19.5 Å². The Morgan fingerprint density at radius 2 is 1.91 bits per heavy atom. The molecule has 7 heteroatoms. The van der Waals surface area contributed by atoms with Crippen molar-refractivity contribution in [3.05, 3.63) is 59.2 Å². The summed E-state index contributed by atoms with van der Waals surface area (Å²) in [6, 6.07) is 13.1. The number of nitrogens with zero attached hydrogens (tertiary/aromatic N) is 2. The number of amides is 1. The number of fused-ring (bicyclic) bond motifs is 1. The molecule has 2 heterocycles. The van der Waals surface area contributed by atoms with Gasteiger partial charge in [-0.15, -0.1) is 0 Å².